The normalized spacial score (nSPS) is 10.2. The van der Waals surface area contributed by atoms with Crippen LogP contribution in [0.4, 0.5) is 5.95 Å². The van der Waals surface area contributed by atoms with E-state index < -0.39 is 0 Å². The summed E-state index contributed by atoms with van der Waals surface area (Å²) in [5, 5.41) is 8.99. The molecule has 100 valence electrons. The van der Waals surface area contributed by atoms with Crippen molar-refractivity contribution in [1.29, 1.82) is 0 Å². The number of aryl methyl sites for hydroxylation is 2. The lowest BCUT2D eigenvalue weighted by atomic mass is 10.2. The van der Waals surface area contributed by atoms with Gasteiger partial charge in [-0.05, 0) is 31.0 Å². The van der Waals surface area contributed by atoms with Gasteiger partial charge in [-0.2, -0.15) is 4.98 Å². The standard InChI is InChI=1S/C13H16N4O2/c1-3-10-4-6-11(7-5-10)19-8-12(18)15-13-14-9(2)16-17-13/h4-7H,3,8H2,1-2H3,(H2,14,15,16,17,18). The quantitative estimate of drug-likeness (QED) is 0.857. The summed E-state index contributed by atoms with van der Waals surface area (Å²) in [6.45, 7) is 3.77. The second-order valence-corrected chi connectivity index (χ2v) is 4.08. The lowest BCUT2D eigenvalue weighted by molar-refractivity contribution is -0.118. The molecule has 1 amide bonds. The Labute approximate surface area is 111 Å². The molecule has 0 unspecified atom stereocenters. The van der Waals surface area contributed by atoms with Gasteiger partial charge in [0.05, 0.1) is 0 Å². The van der Waals surface area contributed by atoms with Crippen LogP contribution in [-0.4, -0.2) is 27.7 Å². The van der Waals surface area contributed by atoms with Crippen LogP contribution in [0, 0.1) is 6.92 Å². The smallest absolute Gasteiger partial charge is 0.264 e. The first-order valence-electron chi connectivity index (χ1n) is 6.08. The van der Waals surface area contributed by atoms with Crippen LogP contribution in [0.2, 0.25) is 0 Å². The Balaban J connectivity index is 1.82. The number of aromatic amines is 1. The fraction of sp³-hybridized carbons (Fsp3) is 0.308. The highest BCUT2D eigenvalue weighted by Gasteiger charge is 2.06. The van der Waals surface area contributed by atoms with E-state index in [9.17, 15) is 4.79 Å². The summed E-state index contributed by atoms with van der Waals surface area (Å²) in [5.41, 5.74) is 1.23. The van der Waals surface area contributed by atoms with E-state index in [0.717, 1.165) is 6.42 Å². The summed E-state index contributed by atoms with van der Waals surface area (Å²) in [4.78, 5) is 15.6. The van der Waals surface area contributed by atoms with Gasteiger partial charge >= 0.3 is 0 Å². The van der Waals surface area contributed by atoms with Crippen LogP contribution in [0.1, 0.15) is 18.3 Å². The predicted octanol–water partition coefficient (Wildman–Crippen LogP) is 1.69. The third-order valence-corrected chi connectivity index (χ3v) is 2.55. The van der Waals surface area contributed by atoms with Gasteiger partial charge in [-0.1, -0.05) is 19.1 Å². The van der Waals surface area contributed by atoms with Crippen molar-refractivity contribution in [3.05, 3.63) is 35.7 Å². The maximum absolute atomic E-state index is 11.6. The van der Waals surface area contributed by atoms with E-state index in [-0.39, 0.29) is 18.5 Å². The molecule has 0 atom stereocenters. The highest BCUT2D eigenvalue weighted by atomic mass is 16.5. The second kappa shape index (κ2) is 5.99. The van der Waals surface area contributed by atoms with Crippen molar-refractivity contribution >= 4 is 11.9 Å². The molecule has 2 N–H and O–H groups in total. The Morgan fingerprint density at radius 2 is 2.11 bits per heavy atom. The lowest BCUT2D eigenvalue weighted by Crippen LogP contribution is -2.20. The van der Waals surface area contributed by atoms with E-state index in [0.29, 0.717) is 11.6 Å². The number of nitrogens with zero attached hydrogens (tertiary/aromatic N) is 2. The summed E-state index contributed by atoms with van der Waals surface area (Å²) in [5.74, 6) is 1.27. The van der Waals surface area contributed by atoms with Gasteiger partial charge in [-0.15, -0.1) is 5.10 Å². The number of carbonyl (C=O) groups is 1. The molecule has 2 aromatic rings. The van der Waals surface area contributed by atoms with Crippen molar-refractivity contribution < 1.29 is 9.53 Å². The molecule has 1 heterocycles. The van der Waals surface area contributed by atoms with Gasteiger partial charge in [0.2, 0.25) is 5.95 Å². The van der Waals surface area contributed by atoms with Crippen LogP contribution in [0.25, 0.3) is 0 Å². The van der Waals surface area contributed by atoms with Gasteiger partial charge in [-0.25, -0.2) is 0 Å². The first-order chi connectivity index (χ1) is 9.17. The zero-order valence-corrected chi connectivity index (χ0v) is 10.9. The first kappa shape index (κ1) is 13.1. The number of hydrogen-bond donors (Lipinski definition) is 2. The van der Waals surface area contributed by atoms with Crippen LogP contribution in [0.15, 0.2) is 24.3 Å². The summed E-state index contributed by atoms with van der Waals surface area (Å²) in [6, 6.07) is 7.66. The van der Waals surface area contributed by atoms with Crippen molar-refractivity contribution in [2.45, 2.75) is 20.3 Å². The Hall–Kier alpha value is -2.37. The average molecular weight is 260 g/mol. The highest BCUT2D eigenvalue weighted by molar-refractivity contribution is 5.90. The first-order valence-corrected chi connectivity index (χ1v) is 6.08. The summed E-state index contributed by atoms with van der Waals surface area (Å²) >= 11 is 0. The minimum Gasteiger partial charge on any atom is -0.484 e. The molecular weight excluding hydrogens is 244 g/mol. The van der Waals surface area contributed by atoms with E-state index >= 15 is 0 Å². The fourth-order valence-corrected chi connectivity index (χ4v) is 1.53. The lowest BCUT2D eigenvalue weighted by Gasteiger charge is -2.06. The number of anilines is 1. The fourth-order valence-electron chi connectivity index (χ4n) is 1.53. The summed E-state index contributed by atoms with van der Waals surface area (Å²) in [7, 11) is 0. The van der Waals surface area contributed by atoms with Gasteiger partial charge in [0.15, 0.2) is 6.61 Å². The number of nitrogens with one attached hydrogen (secondary N) is 2. The third kappa shape index (κ3) is 3.80. The number of amides is 1. The molecule has 6 nitrogen and oxygen atoms in total. The van der Waals surface area contributed by atoms with E-state index in [2.05, 4.69) is 27.4 Å². The molecule has 0 aliphatic carbocycles. The SMILES string of the molecule is CCc1ccc(OCC(=O)Nc2n[nH]c(C)n2)cc1. The molecule has 0 spiro atoms. The number of rotatable bonds is 5. The zero-order valence-electron chi connectivity index (χ0n) is 10.9. The molecule has 0 aliphatic rings. The molecule has 1 aromatic heterocycles. The van der Waals surface area contributed by atoms with Crippen LogP contribution < -0.4 is 10.1 Å². The molecular formula is C13H16N4O2. The average Bonchev–Trinajstić information content (AvgIpc) is 2.82. The van der Waals surface area contributed by atoms with Gasteiger partial charge in [0, 0.05) is 0 Å². The molecule has 0 bridgehead atoms. The minimum atomic E-state index is -0.293. The van der Waals surface area contributed by atoms with E-state index in [4.69, 9.17) is 4.74 Å². The van der Waals surface area contributed by atoms with Crippen LogP contribution in [0.5, 0.6) is 5.75 Å². The monoisotopic (exact) mass is 260 g/mol. The molecule has 2 rings (SSSR count). The number of carbonyl (C=O) groups excluding carboxylic acids is 1. The number of H-pyrrole nitrogens is 1. The molecule has 1 aromatic carbocycles. The van der Waals surface area contributed by atoms with Gasteiger partial charge in [-0.3, -0.25) is 15.2 Å². The van der Waals surface area contributed by atoms with Crippen molar-refractivity contribution in [3.63, 3.8) is 0 Å². The molecule has 0 aliphatic heterocycles. The molecule has 0 saturated carbocycles. The van der Waals surface area contributed by atoms with Crippen molar-refractivity contribution in [2.24, 2.45) is 0 Å². The molecule has 0 fully saturated rings. The van der Waals surface area contributed by atoms with E-state index in [1.807, 2.05) is 24.3 Å². The van der Waals surface area contributed by atoms with Crippen molar-refractivity contribution in [2.75, 3.05) is 11.9 Å². The summed E-state index contributed by atoms with van der Waals surface area (Å²) in [6.07, 6.45) is 0.977. The van der Waals surface area contributed by atoms with Crippen LogP contribution in [-0.2, 0) is 11.2 Å². The molecule has 0 radical (unpaired) electrons. The van der Waals surface area contributed by atoms with Crippen molar-refractivity contribution in [3.8, 4) is 5.75 Å². The number of benzene rings is 1. The minimum absolute atomic E-state index is 0.0704. The Morgan fingerprint density at radius 1 is 1.37 bits per heavy atom. The Morgan fingerprint density at radius 3 is 2.68 bits per heavy atom. The van der Waals surface area contributed by atoms with E-state index in [1.54, 1.807) is 6.92 Å². The predicted molar refractivity (Wildman–Crippen MR) is 71.1 cm³/mol. The van der Waals surface area contributed by atoms with Gasteiger partial charge < -0.3 is 4.74 Å². The molecule has 0 saturated heterocycles. The third-order valence-electron chi connectivity index (χ3n) is 2.55. The van der Waals surface area contributed by atoms with Gasteiger partial charge in [0.1, 0.15) is 11.6 Å². The van der Waals surface area contributed by atoms with Gasteiger partial charge in [0.25, 0.3) is 5.91 Å². The topological polar surface area (TPSA) is 79.9 Å². The number of hydrogen-bond acceptors (Lipinski definition) is 4. The van der Waals surface area contributed by atoms with E-state index in [1.165, 1.54) is 5.56 Å². The van der Waals surface area contributed by atoms with Crippen molar-refractivity contribution in [1.82, 2.24) is 15.2 Å². The Bertz CT molecular complexity index is 548. The zero-order chi connectivity index (χ0) is 13.7. The largest absolute Gasteiger partial charge is 0.484 e. The second-order valence-electron chi connectivity index (χ2n) is 4.08. The number of ether oxygens (including phenoxy) is 1. The molecule has 6 heteroatoms. The Kier molecular flexibility index (Phi) is 4.12. The number of aromatic nitrogens is 3. The molecule has 19 heavy (non-hydrogen) atoms. The maximum Gasteiger partial charge on any atom is 0.264 e. The highest BCUT2D eigenvalue weighted by Crippen LogP contribution is 2.12. The maximum atomic E-state index is 11.6. The van der Waals surface area contributed by atoms with Crippen LogP contribution >= 0.6 is 0 Å². The summed E-state index contributed by atoms with van der Waals surface area (Å²) < 4.78 is 5.37. The van der Waals surface area contributed by atoms with Crippen LogP contribution in [0.3, 0.4) is 0 Å².